The number of ether oxygens (including phenoxy) is 1. The molecular formula is C12H22O5S. The molecule has 0 radical (unpaired) electrons. The number of hydrogen-bond acceptors (Lipinski definition) is 5. The minimum Gasteiger partial charge on any atom is -0.466 e. The summed E-state index contributed by atoms with van der Waals surface area (Å²) in [5, 5.41) is 0. The van der Waals surface area contributed by atoms with E-state index < -0.39 is 27.3 Å². The summed E-state index contributed by atoms with van der Waals surface area (Å²) < 4.78 is 28.0. The van der Waals surface area contributed by atoms with Crippen molar-refractivity contribution < 1.29 is 22.7 Å². The maximum absolute atomic E-state index is 11.6. The molecule has 0 saturated carbocycles. The highest BCUT2D eigenvalue weighted by Crippen LogP contribution is 2.07. The van der Waals surface area contributed by atoms with Gasteiger partial charge in [0.2, 0.25) is 0 Å². The monoisotopic (exact) mass is 278 g/mol. The summed E-state index contributed by atoms with van der Waals surface area (Å²) >= 11 is 0. The molecule has 18 heavy (non-hydrogen) atoms. The van der Waals surface area contributed by atoms with Crippen LogP contribution in [0.2, 0.25) is 0 Å². The number of carbonyl (C=O) groups is 2. The first-order valence-corrected chi connectivity index (χ1v) is 8.00. The van der Waals surface area contributed by atoms with Gasteiger partial charge in [-0.1, -0.05) is 20.3 Å². The Bertz CT molecular complexity index is 372. The predicted molar refractivity (Wildman–Crippen MR) is 69.0 cm³/mol. The molecule has 106 valence electrons. The third-order valence-corrected chi connectivity index (χ3v) is 4.37. The topological polar surface area (TPSA) is 77.5 Å². The van der Waals surface area contributed by atoms with Gasteiger partial charge in [-0.2, -0.15) is 0 Å². The van der Waals surface area contributed by atoms with Crippen LogP contribution in [-0.2, 0) is 24.2 Å². The van der Waals surface area contributed by atoms with Crippen molar-refractivity contribution in [1.29, 1.82) is 0 Å². The third kappa shape index (κ3) is 8.22. The Kier molecular flexibility index (Phi) is 7.82. The Balaban J connectivity index is 4.11. The van der Waals surface area contributed by atoms with Crippen LogP contribution >= 0.6 is 0 Å². The average molecular weight is 278 g/mol. The van der Waals surface area contributed by atoms with Gasteiger partial charge in [0, 0.05) is 6.42 Å². The fourth-order valence-electron chi connectivity index (χ4n) is 1.40. The Hall–Kier alpha value is -0.910. The SMILES string of the molecule is CCOC(=O)CCC(=O)CS(=O)(=O)CC(C)CC. The summed E-state index contributed by atoms with van der Waals surface area (Å²) in [5.74, 6) is -1.30. The number of hydrogen-bond donors (Lipinski definition) is 0. The van der Waals surface area contributed by atoms with E-state index in [1.807, 2.05) is 13.8 Å². The highest BCUT2D eigenvalue weighted by Gasteiger charge is 2.19. The van der Waals surface area contributed by atoms with E-state index in [0.717, 1.165) is 6.42 Å². The van der Waals surface area contributed by atoms with Crippen LogP contribution in [0.25, 0.3) is 0 Å². The first kappa shape index (κ1) is 17.1. The number of Topliss-reactive ketones (excluding diaryl/α,β-unsaturated/α-hetero) is 1. The fourth-order valence-corrected chi connectivity index (χ4v) is 3.26. The number of ketones is 1. The van der Waals surface area contributed by atoms with Gasteiger partial charge in [0.25, 0.3) is 0 Å². The van der Waals surface area contributed by atoms with Crippen LogP contribution in [0.5, 0.6) is 0 Å². The van der Waals surface area contributed by atoms with Crippen LogP contribution in [0.3, 0.4) is 0 Å². The third-order valence-electron chi connectivity index (χ3n) is 2.53. The molecule has 1 unspecified atom stereocenters. The van der Waals surface area contributed by atoms with Crippen LogP contribution in [0.1, 0.15) is 40.0 Å². The molecule has 0 aliphatic rings. The second-order valence-electron chi connectivity index (χ2n) is 4.41. The number of esters is 1. The molecule has 0 fully saturated rings. The van der Waals surface area contributed by atoms with Crippen LogP contribution in [0.4, 0.5) is 0 Å². The summed E-state index contributed by atoms with van der Waals surface area (Å²) in [6, 6.07) is 0. The molecule has 0 aromatic heterocycles. The summed E-state index contributed by atoms with van der Waals surface area (Å²) in [6.45, 7) is 5.68. The van der Waals surface area contributed by atoms with E-state index in [1.165, 1.54) is 0 Å². The number of rotatable bonds is 9. The van der Waals surface area contributed by atoms with Gasteiger partial charge >= 0.3 is 5.97 Å². The Morgan fingerprint density at radius 3 is 2.28 bits per heavy atom. The number of sulfone groups is 1. The highest BCUT2D eigenvalue weighted by atomic mass is 32.2. The molecular weight excluding hydrogens is 256 g/mol. The van der Waals surface area contributed by atoms with E-state index >= 15 is 0 Å². The Morgan fingerprint density at radius 2 is 1.78 bits per heavy atom. The molecule has 0 N–H and O–H groups in total. The molecule has 1 atom stereocenters. The first-order chi connectivity index (χ1) is 8.30. The van der Waals surface area contributed by atoms with E-state index in [9.17, 15) is 18.0 Å². The lowest BCUT2D eigenvalue weighted by molar-refractivity contribution is -0.144. The second kappa shape index (κ2) is 8.24. The minimum atomic E-state index is -3.35. The molecule has 0 amide bonds. The molecule has 0 aliphatic heterocycles. The Labute approximate surface area is 109 Å². The van der Waals surface area contributed by atoms with Gasteiger partial charge in [0.05, 0.1) is 18.8 Å². The van der Waals surface area contributed by atoms with Crippen LogP contribution in [0.15, 0.2) is 0 Å². The zero-order chi connectivity index (χ0) is 14.2. The second-order valence-corrected chi connectivity index (χ2v) is 6.52. The van der Waals surface area contributed by atoms with E-state index in [-0.39, 0.29) is 31.1 Å². The van der Waals surface area contributed by atoms with E-state index in [2.05, 4.69) is 4.74 Å². The molecule has 0 bridgehead atoms. The van der Waals surface area contributed by atoms with E-state index in [0.29, 0.717) is 0 Å². The van der Waals surface area contributed by atoms with Gasteiger partial charge in [0.15, 0.2) is 9.84 Å². The fraction of sp³-hybridized carbons (Fsp3) is 0.833. The maximum Gasteiger partial charge on any atom is 0.306 e. The zero-order valence-electron chi connectivity index (χ0n) is 11.3. The summed E-state index contributed by atoms with van der Waals surface area (Å²) in [6.07, 6.45) is 0.639. The van der Waals surface area contributed by atoms with Gasteiger partial charge in [-0.15, -0.1) is 0 Å². The Morgan fingerprint density at radius 1 is 1.17 bits per heavy atom. The van der Waals surface area contributed by atoms with E-state index in [4.69, 9.17) is 0 Å². The van der Waals surface area contributed by atoms with Crippen LogP contribution in [0, 0.1) is 5.92 Å². The van der Waals surface area contributed by atoms with Crippen molar-refractivity contribution in [3.8, 4) is 0 Å². The van der Waals surface area contributed by atoms with Crippen molar-refractivity contribution in [3.05, 3.63) is 0 Å². The average Bonchev–Trinajstić information content (AvgIpc) is 2.25. The van der Waals surface area contributed by atoms with Gasteiger partial charge in [-0.3, -0.25) is 9.59 Å². The predicted octanol–water partition coefficient (Wildman–Crippen LogP) is 1.36. The number of carbonyl (C=O) groups excluding carboxylic acids is 2. The van der Waals surface area contributed by atoms with Crippen molar-refractivity contribution in [2.24, 2.45) is 5.92 Å². The van der Waals surface area contributed by atoms with E-state index in [1.54, 1.807) is 6.92 Å². The standard InChI is InChI=1S/C12H22O5S/c1-4-10(3)8-18(15,16)9-11(13)6-7-12(14)17-5-2/h10H,4-9H2,1-3H3. The lowest BCUT2D eigenvalue weighted by atomic mass is 10.2. The summed E-state index contributed by atoms with van der Waals surface area (Å²) in [4.78, 5) is 22.5. The molecule has 0 saturated heterocycles. The lowest BCUT2D eigenvalue weighted by Crippen LogP contribution is -2.22. The summed E-state index contributed by atoms with van der Waals surface area (Å²) in [5.41, 5.74) is 0. The molecule has 0 spiro atoms. The quantitative estimate of drug-likeness (QED) is 0.595. The van der Waals surface area contributed by atoms with Crippen molar-refractivity contribution >= 4 is 21.6 Å². The molecule has 5 nitrogen and oxygen atoms in total. The highest BCUT2D eigenvalue weighted by molar-refractivity contribution is 7.92. The van der Waals surface area contributed by atoms with Crippen molar-refractivity contribution in [1.82, 2.24) is 0 Å². The van der Waals surface area contributed by atoms with Crippen molar-refractivity contribution in [3.63, 3.8) is 0 Å². The van der Waals surface area contributed by atoms with Crippen LogP contribution in [-0.4, -0.2) is 38.3 Å². The summed E-state index contributed by atoms with van der Waals surface area (Å²) in [7, 11) is -3.35. The van der Waals surface area contributed by atoms with Gasteiger partial charge in [0.1, 0.15) is 11.5 Å². The minimum absolute atomic E-state index is 0.0225. The molecule has 0 aliphatic carbocycles. The van der Waals surface area contributed by atoms with Crippen molar-refractivity contribution in [2.45, 2.75) is 40.0 Å². The maximum atomic E-state index is 11.6. The van der Waals surface area contributed by atoms with Gasteiger partial charge in [-0.05, 0) is 12.8 Å². The molecule has 0 aromatic carbocycles. The first-order valence-electron chi connectivity index (χ1n) is 6.18. The molecule has 0 aromatic rings. The van der Waals surface area contributed by atoms with Crippen molar-refractivity contribution in [2.75, 3.05) is 18.1 Å². The van der Waals surface area contributed by atoms with Crippen LogP contribution < -0.4 is 0 Å². The van der Waals surface area contributed by atoms with Gasteiger partial charge in [-0.25, -0.2) is 8.42 Å². The zero-order valence-corrected chi connectivity index (χ0v) is 12.1. The smallest absolute Gasteiger partial charge is 0.306 e. The molecule has 0 rings (SSSR count). The van der Waals surface area contributed by atoms with Gasteiger partial charge < -0.3 is 4.74 Å². The molecule has 6 heteroatoms. The normalized spacial score (nSPS) is 13.1. The molecule has 0 heterocycles. The largest absolute Gasteiger partial charge is 0.466 e. The lowest BCUT2D eigenvalue weighted by Gasteiger charge is -2.08.